The zero-order valence-corrected chi connectivity index (χ0v) is 13.9. The van der Waals surface area contributed by atoms with E-state index in [1.165, 1.54) is 5.57 Å². The Labute approximate surface area is 133 Å². The highest BCUT2D eigenvalue weighted by Crippen LogP contribution is 2.21. The summed E-state index contributed by atoms with van der Waals surface area (Å²) in [6, 6.07) is 8.56. The highest BCUT2D eigenvalue weighted by Gasteiger charge is 2.14. The minimum absolute atomic E-state index is 0.216. The van der Waals surface area contributed by atoms with Crippen LogP contribution >= 0.6 is 0 Å². The van der Waals surface area contributed by atoms with E-state index in [0.29, 0.717) is 0 Å². The van der Waals surface area contributed by atoms with Crippen LogP contribution in [0.3, 0.4) is 0 Å². The lowest BCUT2D eigenvalue weighted by Crippen LogP contribution is -2.27. The summed E-state index contributed by atoms with van der Waals surface area (Å²) in [6.07, 6.45) is 4.16. The molecule has 0 spiro atoms. The molecule has 0 radical (unpaired) electrons. The van der Waals surface area contributed by atoms with Crippen LogP contribution in [0.4, 0.5) is 5.69 Å². The van der Waals surface area contributed by atoms with Crippen LogP contribution in [0.15, 0.2) is 46.3 Å². The van der Waals surface area contributed by atoms with Crippen molar-refractivity contribution in [2.24, 2.45) is 10.3 Å². The predicted octanol–water partition coefficient (Wildman–Crippen LogP) is 3.90. The van der Waals surface area contributed by atoms with E-state index in [9.17, 15) is 0 Å². The molecule has 0 amide bonds. The number of hydrogen-bond donors (Lipinski definition) is 1. The first-order valence-corrected chi connectivity index (χ1v) is 7.77. The second kappa shape index (κ2) is 7.82. The monoisotopic (exact) mass is 302 g/mol. The van der Waals surface area contributed by atoms with Crippen LogP contribution in [0.2, 0.25) is 0 Å². The van der Waals surface area contributed by atoms with Crippen molar-refractivity contribution >= 4 is 5.69 Å². The van der Waals surface area contributed by atoms with Crippen LogP contribution in [0.1, 0.15) is 26.7 Å². The summed E-state index contributed by atoms with van der Waals surface area (Å²) in [6.45, 7) is 5.14. The van der Waals surface area contributed by atoms with Gasteiger partial charge in [-0.25, -0.2) is 0 Å². The summed E-state index contributed by atoms with van der Waals surface area (Å²) in [5.74, 6) is 0.867. The van der Waals surface area contributed by atoms with Gasteiger partial charge in [-0.15, -0.1) is 0 Å². The lowest BCUT2D eigenvalue weighted by atomic mass is 10.0. The zero-order chi connectivity index (χ0) is 15.9. The topological polar surface area (TPSA) is 49.2 Å². The average Bonchev–Trinajstić information content (AvgIpc) is 2.53. The lowest BCUT2D eigenvalue weighted by molar-refractivity contribution is 0.309. The van der Waals surface area contributed by atoms with Crippen molar-refractivity contribution in [3.05, 3.63) is 35.9 Å². The quantitative estimate of drug-likeness (QED) is 0.861. The van der Waals surface area contributed by atoms with Crippen molar-refractivity contribution in [1.82, 2.24) is 5.01 Å². The SMILES string of the molecule is COc1cccc(NC2CCN(C)/N=N\C(C)C/C=C/2C)c1. The van der Waals surface area contributed by atoms with Crippen LogP contribution in [0, 0.1) is 0 Å². The molecule has 0 aromatic heterocycles. The average molecular weight is 302 g/mol. The molecule has 0 saturated carbocycles. The highest BCUT2D eigenvalue weighted by atomic mass is 16.5. The normalized spacial score (nSPS) is 26.7. The Kier molecular flexibility index (Phi) is 5.81. The van der Waals surface area contributed by atoms with Crippen molar-refractivity contribution in [3.63, 3.8) is 0 Å². The summed E-state index contributed by atoms with van der Waals surface area (Å²) >= 11 is 0. The first kappa shape index (κ1) is 16.3. The Morgan fingerprint density at radius 1 is 1.36 bits per heavy atom. The van der Waals surface area contributed by atoms with Gasteiger partial charge >= 0.3 is 0 Å². The molecule has 2 unspecified atom stereocenters. The van der Waals surface area contributed by atoms with Gasteiger partial charge in [-0.1, -0.05) is 22.9 Å². The van der Waals surface area contributed by atoms with E-state index < -0.39 is 0 Å². The van der Waals surface area contributed by atoms with Crippen LogP contribution < -0.4 is 10.1 Å². The fraction of sp³-hybridized carbons (Fsp3) is 0.529. The predicted molar refractivity (Wildman–Crippen MR) is 90.3 cm³/mol. The largest absolute Gasteiger partial charge is 0.497 e. The second-order valence-electron chi connectivity index (χ2n) is 5.84. The van der Waals surface area contributed by atoms with Crippen LogP contribution in [-0.4, -0.2) is 37.8 Å². The molecule has 0 aliphatic carbocycles. The lowest BCUT2D eigenvalue weighted by Gasteiger charge is -2.24. The smallest absolute Gasteiger partial charge is 0.120 e. The Hall–Kier alpha value is -2.04. The number of benzene rings is 1. The number of methoxy groups -OCH3 is 1. The molecule has 1 aliphatic rings. The summed E-state index contributed by atoms with van der Waals surface area (Å²) in [5, 5.41) is 14.1. The third kappa shape index (κ3) is 4.76. The molecule has 22 heavy (non-hydrogen) atoms. The van der Waals surface area contributed by atoms with Gasteiger partial charge in [0.2, 0.25) is 0 Å². The number of anilines is 1. The molecule has 1 N–H and O–H groups in total. The molecule has 1 aromatic rings. The van der Waals surface area contributed by atoms with E-state index in [1.807, 2.05) is 30.3 Å². The van der Waals surface area contributed by atoms with Crippen molar-refractivity contribution < 1.29 is 4.74 Å². The van der Waals surface area contributed by atoms with E-state index in [4.69, 9.17) is 4.74 Å². The van der Waals surface area contributed by atoms with E-state index in [-0.39, 0.29) is 12.1 Å². The Bertz CT molecular complexity index is 541. The van der Waals surface area contributed by atoms with Gasteiger partial charge in [0.25, 0.3) is 0 Å². The van der Waals surface area contributed by atoms with E-state index >= 15 is 0 Å². The summed E-state index contributed by atoms with van der Waals surface area (Å²) < 4.78 is 5.29. The van der Waals surface area contributed by atoms with Gasteiger partial charge in [-0.2, -0.15) is 5.11 Å². The van der Waals surface area contributed by atoms with E-state index in [1.54, 1.807) is 7.11 Å². The molecular weight excluding hydrogens is 276 g/mol. The van der Waals surface area contributed by atoms with E-state index in [0.717, 1.165) is 30.8 Å². The first-order chi connectivity index (χ1) is 10.6. The van der Waals surface area contributed by atoms with Crippen molar-refractivity contribution in [2.75, 3.05) is 26.0 Å². The van der Waals surface area contributed by atoms with Crippen molar-refractivity contribution in [3.8, 4) is 5.75 Å². The second-order valence-corrected chi connectivity index (χ2v) is 5.84. The fourth-order valence-electron chi connectivity index (χ4n) is 2.41. The molecule has 0 fully saturated rings. The minimum Gasteiger partial charge on any atom is -0.497 e. The van der Waals surface area contributed by atoms with Gasteiger partial charge in [0, 0.05) is 31.4 Å². The fourth-order valence-corrected chi connectivity index (χ4v) is 2.41. The van der Waals surface area contributed by atoms with Gasteiger partial charge in [0.1, 0.15) is 5.75 Å². The maximum absolute atomic E-state index is 5.29. The van der Waals surface area contributed by atoms with Gasteiger partial charge < -0.3 is 10.1 Å². The Morgan fingerprint density at radius 3 is 2.95 bits per heavy atom. The number of nitrogens with zero attached hydrogens (tertiary/aromatic N) is 3. The molecular formula is C17H26N4O. The van der Waals surface area contributed by atoms with E-state index in [2.05, 4.69) is 41.6 Å². The standard InChI is InChI=1S/C17H26N4O/c1-13-8-9-14(2)19-20-21(3)11-10-17(13)18-15-6-5-7-16(12-15)22-4/h5-8,12,14,17-18H,9-11H2,1-4H3/b13-8+,20-19-. The van der Waals surface area contributed by atoms with Gasteiger partial charge in [-0.05, 0) is 38.8 Å². The molecule has 1 aromatic carbocycles. The number of rotatable bonds is 3. The molecule has 0 saturated heterocycles. The molecule has 120 valence electrons. The van der Waals surface area contributed by atoms with Crippen LogP contribution in [0.5, 0.6) is 5.75 Å². The van der Waals surface area contributed by atoms with Gasteiger partial charge in [0.05, 0.1) is 13.2 Å². The molecule has 2 rings (SSSR count). The highest BCUT2D eigenvalue weighted by molar-refractivity contribution is 5.50. The summed E-state index contributed by atoms with van der Waals surface area (Å²) in [7, 11) is 3.66. The van der Waals surface area contributed by atoms with Crippen LogP contribution in [-0.2, 0) is 0 Å². The third-order valence-corrected chi connectivity index (χ3v) is 3.88. The third-order valence-electron chi connectivity index (χ3n) is 3.88. The Balaban J connectivity index is 2.13. The molecule has 5 nitrogen and oxygen atoms in total. The van der Waals surface area contributed by atoms with Gasteiger partial charge in [0.15, 0.2) is 0 Å². The number of nitrogens with one attached hydrogen (secondary N) is 1. The number of hydrogen-bond acceptors (Lipinski definition) is 5. The molecule has 0 bridgehead atoms. The van der Waals surface area contributed by atoms with Gasteiger partial charge in [-0.3, -0.25) is 5.01 Å². The summed E-state index contributed by atoms with van der Waals surface area (Å²) in [4.78, 5) is 0. The molecule has 5 heteroatoms. The molecule has 1 heterocycles. The van der Waals surface area contributed by atoms with Crippen molar-refractivity contribution in [2.45, 2.75) is 38.8 Å². The molecule has 2 atom stereocenters. The number of ether oxygens (including phenoxy) is 1. The maximum atomic E-state index is 5.29. The minimum atomic E-state index is 0.216. The first-order valence-electron chi connectivity index (χ1n) is 7.77. The van der Waals surface area contributed by atoms with Crippen molar-refractivity contribution in [1.29, 1.82) is 0 Å². The zero-order valence-electron chi connectivity index (χ0n) is 13.9. The Morgan fingerprint density at radius 2 is 2.18 bits per heavy atom. The summed E-state index contributed by atoms with van der Waals surface area (Å²) in [5.41, 5.74) is 2.42. The molecule has 1 aliphatic heterocycles. The maximum Gasteiger partial charge on any atom is 0.120 e. The van der Waals surface area contributed by atoms with Crippen LogP contribution in [0.25, 0.3) is 0 Å².